The maximum Gasteiger partial charge on any atom is 0.410 e. The van der Waals surface area contributed by atoms with Crippen molar-refractivity contribution in [2.24, 2.45) is 5.92 Å². The van der Waals surface area contributed by atoms with Gasteiger partial charge in [0.25, 0.3) is 0 Å². The van der Waals surface area contributed by atoms with Gasteiger partial charge in [-0.05, 0) is 39.5 Å². The third-order valence-electron chi connectivity index (χ3n) is 3.64. The molecule has 0 aromatic rings. The normalized spacial score (nSPS) is 25.5. The number of carbonyl (C=O) groups is 1. The van der Waals surface area contributed by atoms with E-state index in [0.717, 1.165) is 19.3 Å². The van der Waals surface area contributed by atoms with Gasteiger partial charge in [0.1, 0.15) is 5.60 Å². The minimum Gasteiger partial charge on any atom is -0.444 e. The van der Waals surface area contributed by atoms with Crippen LogP contribution < -0.4 is 0 Å². The molecular formula is C15H29NO3. The number of hydrogen-bond donors (Lipinski definition) is 1. The lowest BCUT2D eigenvalue weighted by Crippen LogP contribution is -2.45. The van der Waals surface area contributed by atoms with Gasteiger partial charge in [0, 0.05) is 6.54 Å². The summed E-state index contributed by atoms with van der Waals surface area (Å²) < 4.78 is 5.43. The molecule has 1 N–H and O–H groups in total. The quantitative estimate of drug-likeness (QED) is 0.854. The number of carbonyl (C=O) groups excluding carboxylic acids is 1. The molecule has 1 saturated heterocycles. The van der Waals surface area contributed by atoms with Crippen LogP contribution in [0.2, 0.25) is 0 Å². The van der Waals surface area contributed by atoms with E-state index in [0.29, 0.717) is 18.9 Å². The molecule has 0 aliphatic carbocycles. The zero-order valence-electron chi connectivity index (χ0n) is 13.0. The van der Waals surface area contributed by atoms with Gasteiger partial charge in [-0.1, -0.05) is 26.7 Å². The molecule has 1 aliphatic heterocycles. The number of aliphatic hydroxyl groups excluding tert-OH is 1. The first-order chi connectivity index (χ1) is 8.76. The van der Waals surface area contributed by atoms with Crippen molar-refractivity contribution >= 4 is 6.09 Å². The zero-order valence-corrected chi connectivity index (χ0v) is 13.0. The molecule has 4 heteroatoms. The van der Waals surface area contributed by atoms with Crippen LogP contribution in [0, 0.1) is 5.92 Å². The number of hydrogen-bond acceptors (Lipinski definition) is 3. The topological polar surface area (TPSA) is 49.8 Å². The molecule has 0 bridgehead atoms. The second kappa shape index (κ2) is 6.60. The predicted molar refractivity (Wildman–Crippen MR) is 76.0 cm³/mol. The van der Waals surface area contributed by atoms with Crippen LogP contribution in [0.4, 0.5) is 4.79 Å². The molecule has 3 unspecified atom stereocenters. The Morgan fingerprint density at radius 1 is 1.47 bits per heavy atom. The van der Waals surface area contributed by atoms with E-state index >= 15 is 0 Å². The van der Waals surface area contributed by atoms with Crippen molar-refractivity contribution in [3.05, 3.63) is 0 Å². The van der Waals surface area contributed by atoms with E-state index in [1.165, 1.54) is 0 Å². The minimum absolute atomic E-state index is 0.0959. The second-order valence-electron chi connectivity index (χ2n) is 6.64. The average Bonchev–Trinajstić information content (AvgIpc) is 2.66. The van der Waals surface area contributed by atoms with Crippen LogP contribution in [0.1, 0.15) is 60.3 Å². The van der Waals surface area contributed by atoms with Gasteiger partial charge in [0.2, 0.25) is 0 Å². The Kier molecular flexibility index (Phi) is 5.65. The number of amides is 1. The highest BCUT2D eigenvalue weighted by molar-refractivity contribution is 5.69. The smallest absolute Gasteiger partial charge is 0.410 e. The van der Waals surface area contributed by atoms with Gasteiger partial charge < -0.3 is 14.7 Å². The lowest BCUT2D eigenvalue weighted by atomic mass is 9.92. The van der Waals surface area contributed by atoms with E-state index in [-0.39, 0.29) is 12.1 Å². The molecule has 0 spiro atoms. The number of ether oxygens (including phenoxy) is 1. The molecule has 1 aliphatic rings. The molecule has 4 nitrogen and oxygen atoms in total. The SMILES string of the molecule is CCCCC(C)C1C(O)CCN1C(=O)OC(C)(C)C. The van der Waals surface area contributed by atoms with Crippen molar-refractivity contribution < 1.29 is 14.6 Å². The van der Waals surface area contributed by atoms with E-state index in [9.17, 15) is 9.90 Å². The fourth-order valence-electron chi connectivity index (χ4n) is 2.72. The summed E-state index contributed by atoms with van der Waals surface area (Å²) in [7, 11) is 0. The second-order valence-corrected chi connectivity index (χ2v) is 6.64. The van der Waals surface area contributed by atoms with Crippen LogP contribution >= 0.6 is 0 Å². The molecule has 1 heterocycles. The summed E-state index contributed by atoms with van der Waals surface area (Å²) in [6, 6.07) is -0.0959. The van der Waals surface area contributed by atoms with Crippen molar-refractivity contribution in [1.29, 1.82) is 0 Å². The van der Waals surface area contributed by atoms with Gasteiger partial charge in [-0.3, -0.25) is 0 Å². The van der Waals surface area contributed by atoms with Gasteiger partial charge in [0.15, 0.2) is 0 Å². The first-order valence-corrected chi connectivity index (χ1v) is 7.44. The largest absolute Gasteiger partial charge is 0.444 e. The van der Waals surface area contributed by atoms with Crippen LogP contribution in [0.3, 0.4) is 0 Å². The van der Waals surface area contributed by atoms with Crippen LogP contribution in [0.15, 0.2) is 0 Å². The van der Waals surface area contributed by atoms with Crippen LogP contribution in [-0.4, -0.2) is 40.4 Å². The number of likely N-dealkylation sites (tertiary alicyclic amines) is 1. The molecule has 112 valence electrons. The third-order valence-corrected chi connectivity index (χ3v) is 3.64. The van der Waals surface area contributed by atoms with Crippen LogP contribution in [0.25, 0.3) is 0 Å². The predicted octanol–water partition coefficient (Wildman–Crippen LogP) is 3.18. The average molecular weight is 271 g/mol. The summed E-state index contributed by atoms with van der Waals surface area (Å²) in [5.74, 6) is 0.310. The highest BCUT2D eigenvalue weighted by Gasteiger charge is 2.40. The highest BCUT2D eigenvalue weighted by atomic mass is 16.6. The Labute approximate surface area is 117 Å². The standard InChI is InChI=1S/C15H29NO3/c1-6-7-8-11(2)13-12(17)9-10-16(13)14(18)19-15(3,4)5/h11-13,17H,6-10H2,1-5H3. The van der Waals surface area contributed by atoms with Gasteiger partial charge in [0.05, 0.1) is 12.1 Å². The summed E-state index contributed by atoms with van der Waals surface area (Å²) in [4.78, 5) is 13.9. The number of rotatable bonds is 4. The number of unbranched alkanes of at least 4 members (excludes halogenated alkanes) is 1. The summed E-state index contributed by atoms with van der Waals surface area (Å²) in [5, 5.41) is 10.1. The molecule has 0 saturated carbocycles. The number of nitrogens with zero attached hydrogens (tertiary/aromatic N) is 1. The lowest BCUT2D eigenvalue weighted by Gasteiger charge is -2.33. The minimum atomic E-state index is -0.484. The Morgan fingerprint density at radius 2 is 2.11 bits per heavy atom. The zero-order chi connectivity index (χ0) is 14.6. The van der Waals surface area contributed by atoms with E-state index in [2.05, 4.69) is 13.8 Å². The molecule has 0 aromatic heterocycles. The van der Waals surface area contributed by atoms with Crippen molar-refractivity contribution in [3.8, 4) is 0 Å². The summed E-state index contributed by atoms with van der Waals surface area (Å²) in [6.45, 7) is 10.5. The van der Waals surface area contributed by atoms with Crippen LogP contribution in [0.5, 0.6) is 0 Å². The Hall–Kier alpha value is -0.770. The van der Waals surface area contributed by atoms with Crippen molar-refractivity contribution in [3.63, 3.8) is 0 Å². The van der Waals surface area contributed by atoms with Gasteiger partial charge in [-0.15, -0.1) is 0 Å². The fraction of sp³-hybridized carbons (Fsp3) is 0.933. The summed E-state index contributed by atoms with van der Waals surface area (Å²) in [5.41, 5.74) is -0.484. The Balaban J connectivity index is 2.68. The van der Waals surface area contributed by atoms with E-state index < -0.39 is 11.7 Å². The van der Waals surface area contributed by atoms with E-state index in [1.54, 1.807) is 4.90 Å². The highest BCUT2D eigenvalue weighted by Crippen LogP contribution is 2.29. The first-order valence-electron chi connectivity index (χ1n) is 7.44. The van der Waals surface area contributed by atoms with E-state index in [4.69, 9.17) is 4.74 Å². The fourth-order valence-corrected chi connectivity index (χ4v) is 2.72. The van der Waals surface area contributed by atoms with Crippen LogP contribution in [-0.2, 0) is 4.74 Å². The molecule has 19 heavy (non-hydrogen) atoms. The van der Waals surface area contributed by atoms with Gasteiger partial charge >= 0.3 is 6.09 Å². The molecule has 1 rings (SSSR count). The summed E-state index contributed by atoms with van der Waals surface area (Å²) >= 11 is 0. The van der Waals surface area contributed by atoms with Gasteiger partial charge in [-0.2, -0.15) is 0 Å². The Bertz CT molecular complexity index is 298. The first kappa shape index (κ1) is 16.3. The molecule has 1 fully saturated rings. The third kappa shape index (κ3) is 4.68. The molecule has 3 atom stereocenters. The monoisotopic (exact) mass is 271 g/mol. The number of aliphatic hydroxyl groups is 1. The van der Waals surface area contributed by atoms with E-state index in [1.807, 2.05) is 20.8 Å². The molecule has 0 radical (unpaired) electrons. The van der Waals surface area contributed by atoms with Gasteiger partial charge in [-0.25, -0.2) is 4.79 Å². The van der Waals surface area contributed by atoms with Crippen molar-refractivity contribution in [1.82, 2.24) is 4.90 Å². The maximum absolute atomic E-state index is 12.2. The lowest BCUT2D eigenvalue weighted by molar-refractivity contribution is 0.00682. The van der Waals surface area contributed by atoms with Crippen molar-refractivity contribution in [2.75, 3.05) is 6.54 Å². The molecular weight excluding hydrogens is 242 g/mol. The maximum atomic E-state index is 12.2. The Morgan fingerprint density at radius 3 is 2.63 bits per heavy atom. The van der Waals surface area contributed by atoms with Crippen molar-refractivity contribution in [2.45, 2.75) is 78.0 Å². The molecule has 1 amide bonds. The molecule has 0 aromatic carbocycles. The summed E-state index contributed by atoms with van der Waals surface area (Å²) in [6.07, 6.45) is 3.25.